The van der Waals surface area contributed by atoms with Gasteiger partial charge in [0.1, 0.15) is 0 Å². The number of carbonyl (C=O) groups excluding carboxylic acids is 2. The molecule has 2 fully saturated rings. The van der Waals surface area contributed by atoms with Crippen LogP contribution in [0.5, 0.6) is 0 Å². The summed E-state index contributed by atoms with van der Waals surface area (Å²) in [4.78, 5) is 26.7. The second-order valence-electron chi connectivity index (χ2n) is 6.73. The summed E-state index contributed by atoms with van der Waals surface area (Å²) in [5.74, 6) is 0.994. The lowest BCUT2D eigenvalue weighted by molar-refractivity contribution is -0.135. The van der Waals surface area contributed by atoms with Gasteiger partial charge in [-0.1, -0.05) is 27.7 Å². The molecule has 0 aliphatic carbocycles. The van der Waals surface area contributed by atoms with Crippen LogP contribution in [0.15, 0.2) is 0 Å². The molecule has 0 spiro atoms. The molecule has 0 aromatic carbocycles. The van der Waals surface area contributed by atoms with Crippen LogP contribution in [-0.2, 0) is 9.59 Å². The first kappa shape index (κ1) is 21.9. The molecule has 0 unspecified atom stereocenters. The molecule has 2 saturated heterocycles. The number of aliphatic hydroxyl groups is 1. The van der Waals surface area contributed by atoms with Gasteiger partial charge in [0, 0.05) is 45.1 Å². The number of piperidine rings is 1. The van der Waals surface area contributed by atoms with Crippen molar-refractivity contribution in [1.82, 2.24) is 9.80 Å². The molecule has 5 heteroatoms. The summed E-state index contributed by atoms with van der Waals surface area (Å²) >= 11 is 0. The van der Waals surface area contributed by atoms with Gasteiger partial charge in [-0.15, -0.1) is 0 Å². The Morgan fingerprint density at radius 3 is 1.17 bits per heavy atom. The monoisotopic (exact) mass is 328 g/mol. The van der Waals surface area contributed by atoms with Crippen LogP contribution >= 0.6 is 0 Å². The van der Waals surface area contributed by atoms with Gasteiger partial charge in [-0.25, -0.2) is 0 Å². The number of carbonyl (C=O) groups is 2. The third kappa shape index (κ3) is 8.35. The quantitative estimate of drug-likeness (QED) is 0.847. The van der Waals surface area contributed by atoms with E-state index >= 15 is 0 Å². The molecule has 2 amide bonds. The molecular weight excluding hydrogens is 292 g/mol. The third-order valence-corrected chi connectivity index (χ3v) is 4.07. The van der Waals surface area contributed by atoms with E-state index in [9.17, 15) is 9.59 Å². The Balaban J connectivity index is 0.000000381. The van der Waals surface area contributed by atoms with Crippen molar-refractivity contribution < 1.29 is 14.7 Å². The molecule has 1 N–H and O–H groups in total. The molecular formula is C18H36N2O3. The maximum atomic E-state index is 11.4. The van der Waals surface area contributed by atoms with Crippen LogP contribution < -0.4 is 0 Å². The van der Waals surface area contributed by atoms with Crippen LogP contribution in [0, 0.1) is 11.8 Å². The number of amides is 2. The van der Waals surface area contributed by atoms with Crippen LogP contribution in [0.4, 0.5) is 0 Å². The summed E-state index contributed by atoms with van der Waals surface area (Å²) in [6, 6.07) is 0. The van der Waals surface area contributed by atoms with E-state index in [1.165, 1.54) is 32.1 Å². The van der Waals surface area contributed by atoms with E-state index in [1.54, 1.807) is 0 Å². The minimum Gasteiger partial charge on any atom is -0.400 e. The Kier molecular flexibility index (Phi) is 11.7. The van der Waals surface area contributed by atoms with Crippen molar-refractivity contribution in [2.24, 2.45) is 11.8 Å². The molecule has 5 nitrogen and oxygen atoms in total. The van der Waals surface area contributed by atoms with Gasteiger partial charge in [-0.3, -0.25) is 9.59 Å². The van der Waals surface area contributed by atoms with E-state index in [0.717, 1.165) is 33.3 Å². The van der Waals surface area contributed by atoms with E-state index in [-0.39, 0.29) is 11.8 Å². The van der Waals surface area contributed by atoms with Crippen molar-refractivity contribution in [1.29, 1.82) is 0 Å². The van der Waals surface area contributed by atoms with E-state index in [2.05, 4.69) is 0 Å². The zero-order valence-electron chi connectivity index (χ0n) is 15.7. The zero-order chi connectivity index (χ0) is 17.8. The number of aliphatic hydroxyl groups excluding tert-OH is 1. The molecule has 2 aliphatic rings. The Hall–Kier alpha value is -1.10. The van der Waals surface area contributed by atoms with Crippen molar-refractivity contribution in [2.45, 2.75) is 59.8 Å². The third-order valence-electron chi connectivity index (χ3n) is 4.07. The Bertz CT molecular complexity index is 331. The number of nitrogens with zero attached hydrogens (tertiary/aromatic N) is 2. The van der Waals surface area contributed by atoms with E-state index in [4.69, 9.17) is 5.11 Å². The lowest BCUT2D eigenvalue weighted by Gasteiger charge is -2.28. The van der Waals surface area contributed by atoms with Gasteiger partial charge in [-0.2, -0.15) is 0 Å². The number of hydrogen-bond donors (Lipinski definition) is 1. The van der Waals surface area contributed by atoms with Crippen LogP contribution in [0.1, 0.15) is 59.8 Å². The van der Waals surface area contributed by atoms with Gasteiger partial charge in [-0.05, 0) is 32.1 Å². The molecule has 2 rings (SSSR count). The van der Waals surface area contributed by atoms with Crippen LogP contribution in [0.25, 0.3) is 0 Å². The average Bonchev–Trinajstić information content (AvgIpc) is 3.11. The van der Waals surface area contributed by atoms with Gasteiger partial charge < -0.3 is 14.9 Å². The Morgan fingerprint density at radius 1 is 0.652 bits per heavy atom. The number of likely N-dealkylation sites (tertiary alicyclic amines) is 2. The highest BCUT2D eigenvalue weighted by Crippen LogP contribution is 2.12. The number of rotatable bonds is 2. The normalized spacial score (nSPS) is 17.4. The maximum Gasteiger partial charge on any atom is 0.225 e. The summed E-state index contributed by atoms with van der Waals surface area (Å²) in [6.07, 6.45) is 6.07. The van der Waals surface area contributed by atoms with Gasteiger partial charge >= 0.3 is 0 Å². The highest BCUT2D eigenvalue weighted by molar-refractivity contribution is 5.78. The standard InChI is InChI=1S/C9H17NO.C8H15NO.CH4O/c1-8(2)9(11)10-6-4-3-5-7-10;1-7(2)8(10)9-5-3-4-6-9;1-2/h8H,3-7H2,1-2H3;7H,3-6H2,1-2H3;2H,1H3. The first-order valence-corrected chi connectivity index (χ1v) is 8.95. The highest BCUT2D eigenvalue weighted by atomic mass is 16.2. The van der Waals surface area contributed by atoms with Crippen molar-refractivity contribution in [2.75, 3.05) is 33.3 Å². The molecule has 0 bridgehead atoms. The smallest absolute Gasteiger partial charge is 0.225 e. The van der Waals surface area contributed by atoms with Crippen LogP contribution in [-0.4, -0.2) is 60.0 Å². The fourth-order valence-electron chi connectivity index (χ4n) is 2.78. The van der Waals surface area contributed by atoms with Gasteiger partial charge in [0.25, 0.3) is 0 Å². The lowest BCUT2D eigenvalue weighted by Crippen LogP contribution is -2.38. The molecule has 0 aromatic heterocycles. The summed E-state index contributed by atoms with van der Waals surface area (Å²) in [6.45, 7) is 11.8. The predicted octanol–water partition coefficient (Wildman–Crippen LogP) is 2.53. The Morgan fingerprint density at radius 2 is 0.913 bits per heavy atom. The van der Waals surface area contributed by atoms with E-state index in [0.29, 0.717) is 11.8 Å². The molecule has 2 aliphatic heterocycles. The first-order chi connectivity index (χ1) is 10.9. The lowest BCUT2D eigenvalue weighted by atomic mass is 10.1. The van der Waals surface area contributed by atoms with Crippen molar-refractivity contribution in [3.63, 3.8) is 0 Å². The van der Waals surface area contributed by atoms with Gasteiger partial charge in [0.15, 0.2) is 0 Å². The summed E-state index contributed by atoms with van der Waals surface area (Å²) in [7, 11) is 1.00. The summed E-state index contributed by atoms with van der Waals surface area (Å²) in [5.41, 5.74) is 0. The zero-order valence-corrected chi connectivity index (χ0v) is 15.7. The fraction of sp³-hybridized carbons (Fsp3) is 0.889. The molecule has 0 aromatic rings. The minimum absolute atomic E-state index is 0.174. The molecule has 2 heterocycles. The summed E-state index contributed by atoms with van der Waals surface area (Å²) in [5, 5.41) is 7.00. The molecule has 136 valence electrons. The highest BCUT2D eigenvalue weighted by Gasteiger charge is 2.20. The fourth-order valence-corrected chi connectivity index (χ4v) is 2.78. The first-order valence-electron chi connectivity index (χ1n) is 8.95. The van der Waals surface area contributed by atoms with E-state index < -0.39 is 0 Å². The minimum atomic E-state index is 0.174. The van der Waals surface area contributed by atoms with Crippen LogP contribution in [0.3, 0.4) is 0 Å². The van der Waals surface area contributed by atoms with Crippen molar-refractivity contribution in [3.05, 3.63) is 0 Å². The Labute approximate surface area is 142 Å². The molecule has 0 radical (unpaired) electrons. The van der Waals surface area contributed by atoms with Crippen molar-refractivity contribution in [3.8, 4) is 0 Å². The van der Waals surface area contributed by atoms with Crippen molar-refractivity contribution >= 4 is 11.8 Å². The van der Waals surface area contributed by atoms with Crippen LogP contribution in [0.2, 0.25) is 0 Å². The second kappa shape index (κ2) is 12.3. The topological polar surface area (TPSA) is 60.9 Å². The molecule has 0 atom stereocenters. The van der Waals surface area contributed by atoms with Gasteiger partial charge in [0.2, 0.25) is 11.8 Å². The van der Waals surface area contributed by atoms with Gasteiger partial charge in [0.05, 0.1) is 0 Å². The number of hydrogen-bond acceptors (Lipinski definition) is 3. The molecule has 23 heavy (non-hydrogen) atoms. The average molecular weight is 328 g/mol. The maximum absolute atomic E-state index is 11.4. The second-order valence-corrected chi connectivity index (χ2v) is 6.73. The summed E-state index contributed by atoms with van der Waals surface area (Å²) < 4.78 is 0. The largest absolute Gasteiger partial charge is 0.400 e. The predicted molar refractivity (Wildman–Crippen MR) is 94.1 cm³/mol. The SMILES string of the molecule is CC(C)C(=O)N1CCCC1.CC(C)C(=O)N1CCCCC1.CO. The van der Waals surface area contributed by atoms with E-state index in [1.807, 2.05) is 37.5 Å². The molecule has 0 saturated carbocycles.